The molecule has 2 aromatic carbocycles. The van der Waals surface area contributed by atoms with E-state index < -0.39 is 0 Å². The third-order valence-electron chi connectivity index (χ3n) is 2.89. The number of aromatic nitrogens is 1. The summed E-state index contributed by atoms with van der Waals surface area (Å²) >= 11 is 3.47. The molecule has 1 N–H and O–H groups in total. The van der Waals surface area contributed by atoms with E-state index in [-0.39, 0.29) is 0 Å². The molecule has 0 atom stereocenters. The van der Waals surface area contributed by atoms with Gasteiger partial charge in [-0.15, -0.1) is 0 Å². The van der Waals surface area contributed by atoms with Crippen molar-refractivity contribution in [2.75, 3.05) is 0 Å². The van der Waals surface area contributed by atoms with E-state index in [1.54, 1.807) is 0 Å². The molecule has 0 aliphatic rings. The lowest BCUT2D eigenvalue weighted by Crippen LogP contribution is -1.77. The second-order valence-electron chi connectivity index (χ2n) is 4.11. The van der Waals surface area contributed by atoms with Crippen LogP contribution in [0, 0.1) is 11.3 Å². The number of nitrogens with zero attached hydrogens (tertiary/aromatic N) is 1. The van der Waals surface area contributed by atoms with Gasteiger partial charge in [0.2, 0.25) is 0 Å². The van der Waals surface area contributed by atoms with Crippen molar-refractivity contribution in [3.63, 3.8) is 0 Å². The Morgan fingerprint density at radius 1 is 1.06 bits per heavy atom. The minimum Gasteiger partial charge on any atom is -0.354 e. The van der Waals surface area contributed by atoms with Crippen LogP contribution in [0.5, 0.6) is 0 Å². The molecule has 0 aliphatic heterocycles. The van der Waals surface area contributed by atoms with Gasteiger partial charge in [-0.1, -0.05) is 34.1 Å². The fourth-order valence-corrected chi connectivity index (χ4v) is 2.41. The molecule has 0 saturated carbocycles. The van der Waals surface area contributed by atoms with Gasteiger partial charge in [0, 0.05) is 21.1 Å². The van der Waals surface area contributed by atoms with Gasteiger partial charge in [0.05, 0.1) is 11.6 Å². The van der Waals surface area contributed by atoms with Crippen molar-refractivity contribution < 1.29 is 0 Å². The highest BCUT2D eigenvalue weighted by Gasteiger charge is 2.04. The first-order valence-corrected chi connectivity index (χ1v) is 6.34. The Morgan fingerprint density at radius 3 is 2.72 bits per heavy atom. The zero-order chi connectivity index (χ0) is 12.5. The lowest BCUT2D eigenvalue weighted by Gasteiger charge is -1.97. The number of aromatic amines is 1. The minimum absolute atomic E-state index is 0.671. The molecule has 0 unspecified atom stereocenters. The van der Waals surface area contributed by atoms with E-state index in [1.165, 1.54) is 0 Å². The van der Waals surface area contributed by atoms with Crippen LogP contribution in [-0.4, -0.2) is 4.98 Å². The number of fused-ring (bicyclic) bond motifs is 1. The summed E-state index contributed by atoms with van der Waals surface area (Å²) < 4.78 is 1.05. The Balaban J connectivity index is 2.17. The Morgan fingerprint density at radius 2 is 1.94 bits per heavy atom. The number of nitrogens with one attached hydrogen (secondary N) is 1. The molecular weight excluding hydrogens is 288 g/mol. The zero-order valence-electron chi connectivity index (χ0n) is 9.44. The first-order valence-electron chi connectivity index (χ1n) is 5.55. The van der Waals surface area contributed by atoms with Crippen molar-refractivity contribution in [1.82, 2.24) is 4.98 Å². The maximum absolute atomic E-state index is 8.89. The summed E-state index contributed by atoms with van der Waals surface area (Å²) in [5.74, 6) is 0. The van der Waals surface area contributed by atoms with E-state index >= 15 is 0 Å². The predicted octanol–water partition coefficient (Wildman–Crippen LogP) is 4.47. The van der Waals surface area contributed by atoms with Gasteiger partial charge >= 0.3 is 0 Å². The Hall–Kier alpha value is -2.05. The number of H-pyrrole nitrogens is 1. The van der Waals surface area contributed by atoms with E-state index in [2.05, 4.69) is 45.2 Å². The Bertz CT molecular complexity index is 766. The summed E-state index contributed by atoms with van der Waals surface area (Å²) in [6.07, 6.45) is 0. The van der Waals surface area contributed by atoms with Gasteiger partial charge in [0.25, 0.3) is 0 Å². The smallest absolute Gasteiger partial charge is 0.0992 e. The molecule has 1 heterocycles. The van der Waals surface area contributed by atoms with Gasteiger partial charge in [0.15, 0.2) is 0 Å². The van der Waals surface area contributed by atoms with Crippen LogP contribution in [0.4, 0.5) is 0 Å². The monoisotopic (exact) mass is 296 g/mol. The Labute approximate surface area is 113 Å². The SMILES string of the molecule is N#Cc1ccc2cc(-c3cccc(Br)c3)[nH]c2c1. The normalized spacial score (nSPS) is 10.4. The molecule has 3 rings (SSSR count). The van der Waals surface area contributed by atoms with Gasteiger partial charge in [-0.25, -0.2) is 0 Å². The first kappa shape index (κ1) is 11.1. The third-order valence-corrected chi connectivity index (χ3v) is 3.38. The summed E-state index contributed by atoms with van der Waals surface area (Å²) in [4.78, 5) is 3.34. The molecule has 0 saturated heterocycles. The van der Waals surface area contributed by atoms with E-state index in [0.29, 0.717) is 5.56 Å². The molecule has 86 valence electrons. The van der Waals surface area contributed by atoms with E-state index in [1.807, 2.05) is 30.3 Å². The molecule has 18 heavy (non-hydrogen) atoms. The van der Waals surface area contributed by atoms with Crippen molar-refractivity contribution in [3.05, 3.63) is 58.6 Å². The van der Waals surface area contributed by atoms with Crippen molar-refractivity contribution in [3.8, 4) is 17.3 Å². The van der Waals surface area contributed by atoms with Crippen LogP contribution in [0.25, 0.3) is 22.2 Å². The summed E-state index contributed by atoms with van der Waals surface area (Å²) in [5, 5.41) is 10.0. The van der Waals surface area contributed by atoms with Crippen LogP contribution in [0.3, 0.4) is 0 Å². The highest BCUT2D eigenvalue weighted by molar-refractivity contribution is 9.10. The van der Waals surface area contributed by atoms with Crippen LogP contribution in [0.15, 0.2) is 53.0 Å². The summed E-state index contributed by atoms with van der Waals surface area (Å²) in [6.45, 7) is 0. The summed E-state index contributed by atoms with van der Waals surface area (Å²) in [5.41, 5.74) is 3.84. The molecule has 1 aromatic heterocycles. The highest BCUT2D eigenvalue weighted by Crippen LogP contribution is 2.26. The molecule has 0 spiro atoms. The lowest BCUT2D eigenvalue weighted by atomic mass is 10.1. The lowest BCUT2D eigenvalue weighted by molar-refractivity contribution is 1.44. The molecule has 0 bridgehead atoms. The van der Waals surface area contributed by atoms with Crippen LogP contribution >= 0.6 is 15.9 Å². The molecule has 0 amide bonds. The molecule has 0 aliphatic carbocycles. The highest BCUT2D eigenvalue weighted by atomic mass is 79.9. The van der Waals surface area contributed by atoms with Crippen molar-refractivity contribution in [2.24, 2.45) is 0 Å². The molecule has 0 radical (unpaired) electrons. The van der Waals surface area contributed by atoms with Gasteiger partial charge < -0.3 is 4.98 Å². The second-order valence-corrected chi connectivity index (χ2v) is 5.02. The average molecular weight is 297 g/mol. The molecule has 0 fully saturated rings. The van der Waals surface area contributed by atoms with Crippen LogP contribution in [-0.2, 0) is 0 Å². The molecule has 3 heteroatoms. The topological polar surface area (TPSA) is 39.6 Å². The van der Waals surface area contributed by atoms with Gasteiger partial charge in [-0.2, -0.15) is 5.26 Å². The summed E-state index contributed by atoms with van der Waals surface area (Å²) in [6, 6.07) is 18.0. The number of hydrogen-bond donors (Lipinski definition) is 1. The van der Waals surface area contributed by atoms with E-state index in [4.69, 9.17) is 5.26 Å². The molecular formula is C15H9BrN2. The van der Waals surface area contributed by atoms with Crippen LogP contribution in [0.1, 0.15) is 5.56 Å². The second kappa shape index (κ2) is 4.32. The van der Waals surface area contributed by atoms with E-state index in [9.17, 15) is 0 Å². The first-order chi connectivity index (χ1) is 8.76. The number of benzene rings is 2. The number of hydrogen-bond acceptors (Lipinski definition) is 1. The minimum atomic E-state index is 0.671. The average Bonchev–Trinajstić information content (AvgIpc) is 2.81. The number of halogens is 1. The van der Waals surface area contributed by atoms with Gasteiger partial charge in [0.1, 0.15) is 0 Å². The zero-order valence-corrected chi connectivity index (χ0v) is 11.0. The van der Waals surface area contributed by atoms with Crippen LogP contribution in [0.2, 0.25) is 0 Å². The van der Waals surface area contributed by atoms with Crippen LogP contribution < -0.4 is 0 Å². The quantitative estimate of drug-likeness (QED) is 0.707. The van der Waals surface area contributed by atoms with Gasteiger partial charge in [-0.3, -0.25) is 0 Å². The molecule has 2 nitrogen and oxygen atoms in total. The van der Waals surface area contributed by atoms with Crippen molar-refractivity contribution in [2.45, 2.75) is 0 Å². The van der Waals surface area contributed by atoms with Crippen molar-refractivity contribution in [1.29, 1.82) is 5.26 Å². The number of nitriles is 1. The maximum Gasteiger partial charge on any atom is 0.0992 e. The summed E-state index contributed by atoms with van der Waals surface area (Å²) in [7, 11) is 0. The largest absolute Gasteiger partial charge is 0.354 e. The Kier molecular flexibility index (Phi) is 2.66. The third kappa shape index (κ3) is 1.92. The maximum atomic E-state index is 8.89. The fourth-order valence-electron chi connectivity index (χ4n) is 2.01. The van der Waals surface area contributed by atoms with Crippen molar-refractivity contribution >= 4 is 26.8 Å². The fraction of sp³-hybridized carbons (Fsp3) is 0. The molecule has 3 aromatic rings. The number of rotatable bonds is 1. The predicted molar refractivity (Wildman–Crippen MR) is 76.1 cm³/mol. The van der Waals surface area contributed by atoms with E-state index in [0.717, 1.165) is 26.6 Å². The standard InChI is InChI=1S/C15H9BrN2/c16-13-3-1-2-11(7-13)15-8-12-5-4-10(9-17)6-14(12)18-15/h1-8,18H. The van der Waals surface area contributed by atoms with Gasteiger partial charge in [-0.05, 0) is 35.9 Å².